The molecule has 0 aromatic heterocycles. The number of benzene rings is 1. The predicted molar refractivity (Wildman–Crippen MR) is 129 cm³/mol. The van der Waals surface area contributed by atoms with Crippen LogP contribution < -0.4 is 5.32 Å². The molecular weight excluding hydrogens is 437 g/mol. The Morgan fingerprint density at radius 1 is 1.32 bits per heavy atom. The molecule has 1 aliphatic carbocycles. The van der Waals surface area contributed by atoms with Crippen LogP contribution in [0.5, 0.6) is 0 Å². The molecule has 1 saturated heterocycles. The second-order valence-corrected chi connectivity index (χ2v) is 9.25. The lowest BCUT2D eigenvalue weighted by Gasteiger charge is -2.38. The molecule has 2 aliphatic rings. The van der Waals surface area contributed by atoms with Crippen molar-refractivity contribution in [3.8, 4) is 0 Å². The first-order chi connectivity index (χ1) is 16.3. The third-order valence-corrected chi connectivity index (χ3v) is 6.83. The summed E-state index contributed by atoms with van der Waals surface area (Å²) in [4.78, 5) is 39.5. The molecule has 1 fully saturated rings. The molecule has 0 spiro atoms. The highest BCUT2D eigenvalue weighted by molar-refractivity contribution is 6.11. The second-order valence-electron chi connectivity index (χ2n) is 9.25. The van der Waals surface area contributed by atoms with Gasteiger partial charge in [-0.15, -0.1) is 4.91 Å². The number of hydrogen-bond acceptors (Lipinski definition) is 6. The lowest BCUT2D eigenvalue weighted by molar-refractivity contribution is -0.136. The topological polar surface area (TPSA) is 106 Å². The van der Waals surface area contributed by atoms with Gasteiger partial charge >= 0.3 is 5.91 Å². The van der Waals surface area contributed by atoms with E-state index >= 15 is 0 Å². The summed E-state index contributed by atoms with van der Waals surface area (Å²) in [5.74, 6) is -1.13. The summed E-state index contributed by atoms with van der Waals surface area (Å²) >= 11 is 0. The number of nitrogens with one attached hydrogen (secondary N) is 2. The van der Waals surface area contributed by atoms with Crippen molar-refractivity contribution in [2.45, 2.75) is 39.5 Å². The van der Waals surface area contributed by atoms with Gasteiger partial charge in [0.05, 0.1) is 5.71 Å². The van der Waals surface area contributed by atoms with Gasteiger partial charge in [-0.25, -0.2) is 4.39 Å². The fourth-order valence-electron chi connectivity index (χ4n) is 4.91. The zero-order valence-electron chi connectivity index (χ0n) is 20.2. The molecule has 2 amide bonds. The Morgan fingerprint density at radius 2 is 2.06 bits per heavy atom. The monoisotopic (exact) mass is 471 g/mol. The molecule has 0 radical (unpaired) electrons. The van der Waals surface area contributed by atoms with Crippen LogP contribution in [0.4, 0.5) is 4.39 Å². The van der Waals surface area contributed by atoms with Gasteiger partial charge in [-0.1, -0.05) is 6.92 Å². The van der Waals surface area contributed by atoms with E-state index in [0.29, 0.717) is 44.3 Å². The van der Waals surface area contributed by atoms with E-state index in [-0.39, 0.29) is 28.7 Å². The first kappa shape index (κ1) is 25.7. The maximum Gasteiger partial charge on any atom is 0.316 e. The average Bonchev–Trinajstić information content (AvgIpc) is 3.04. The molecule has 0 unspecified atom stereocenters. The van der Waals surface area contributed by atoms with Gasteiger partial charge in [0.15, 0.2) is 0 Å². The van der Waals surface area contributed by atoms with Crippen LogP contribution in [-0.2, 0) is 4.79 Å². The van der Waals surface area contributed by atoms with Crippen molar-refractivity contribution in [2.75, 3.05) is 39.8 Å². The minimum absolute atomic E-state index is 0.0206. The lowest BCUT2D eigenvalue weighted by Crippen LogP contribution is -2.49. The first-order valence-corrected chi connectivity index (χ1v) is 12.0. The van der Waals surface area contributed by atoms with Gasteiger partial charge in [0.2, 0.25) is 5.91 Å². The Labute approximate surface area is 200 Å². The van der Waals surface area contributed by atoms with Gasteiger partial charge in [-0.2, -0.15) is 0 Å². The molecule has 1 aliphatic heterocycles. The maximum absolute atomic E-state index is 14.7. The summed E-state index contributed by atoms with van der Waals surface area (Å²) in [6.07, 6.45) is 2.44. The second kappa shape index (κ2) is 11.5. The first-order valence-electron chi connectivity index (χ1n) is 12.0. The molecule has 1 aromatic carbocycles. The van der Waals surface area contributed by atoms with Crippen molar-refractivity contribution in [1.82, 2.24) is 15.1 Å². The fourth-order valence-corrected chi connectivity index (χ4v) is 4.91. The predicted octanol–water partition coefficient (Wildman–Crippen LogP) is 3.56. The number of carbonyl (C=O) groups excluding carboxylic acids is 2. The van der Waals surface area contributed by atoms with E-state index in [2.05, 4.69) is 22.3 Å². The van der Waals surface area contributed by atoms with Crippen LogP contribution in [-0.4, -0.2) is 67.1 Å². The summed E-state index contributed by atoms with van der Waals surface area (Å²) in [6, 6.07) is 3.57. The molecule has 0 bridgehead atoms. The Bertz CT molecular complexity index is 987. The van der Waals surface area contributed by atoms with Gasteiger partial charge in [0, 0.05) is 67.7 Å². The molecule has 34 heavy (non-hydrogen) atoms. The molecule has 1 aromatic rings. The van der Waals surface area contributed by atoms with E-state index in [4.69, 9.17) is 5.41 Å². The van der Waals surface area contributed by atoms with Crippen molar-refractivity contribution in [3.63, 3.8) is 0 Å². The van der Waals surface area contributed by atoms with Crippen molar-refractivity contribution in [1.29, 1.82) is 5.41 Å². The number of carbonyl (C=O) groups is 2. The molecule has 8 nitrogen and oxygen atoms in total. The van der Waals surface area contributed by atoms with Crippen LogP contribution in [0.25, 0.3) is 0 Å². The van der Waals surface area contributed by atoms with Crippen molar-refractivity contribution < 1.29 is 14.0 Å². The number of likely N-dealkylation sites (N-methyl/N-ethyl adjacent to an activating group) is 1. The number of hydrogen-bond donors (Lipinski definition) is 2. The maximum atomic E-state index is 14.7. The smallest absolute Gasteiger partial charge is 0.316 e. The van der Waals surface area contributed by atoms with E-state index in [1.165, 1.54) is 12.1 Å². The molecular formula is C25H34FN5O3. The van der Waals surface area contributed by atoms with Crippen LogP contribution in [0.15, 0.2) is 34.6 Å². The number of allylic oxidation sites excluding steroid dienone is 2. The summed E-state index contributed by atoms with van der Waals surface area (Å²) in [5.41, 5.74) is 1.36. The highest BCUT2D eigenvalue weighted by Crippen LogP contribution is 2.31. The van der Waals surface area contributed by atoms with Gasteiger partial charge in [-0.3, -0.25) is 15.0 Å². The van der Waals surface area contributed by atoms with Gasteiger partial charge in [0.25, 0.3) is 0 Å². The molecule has 1 heterocycles. The fraction of sp³-hybridized carbons (Fsp3) is 0.560. The van der Waals surface area contributed by atoms with Crippen molar-refractivity contribution >= 4 is 17.5 Å². The third-order valence-electron chi connectivity index (χ3n) is 6.83. The zero-order chi connectivity index (χ0) is 24.8. The standard InChI is InChI=1S/C25H34FN5O3/c1-4-31(11-10-30-14-16(2)15-30)25(33)18-6-5-7-20(22(13-18)28-3)23(27)19-9-8-17(12-21(19)26)24(32)29-34/h8-9,12,16,18,27-28H,4-7,10-11,13-15H2,1-3H3/t18-/m0/s1. The summed E-state index contributed by atoms with van der Waals surface area (Å²) in [6.45, 7) is 8.67. The molecule has 3 rings (SSSR count). The molecule has 2 N–H and O–H groups in total. The van der Waals surface area contributed by atoms with E-state index in [9.17, 15) is 18.9 Å². The normalized spacial score (nSPS) is 19.2. The lowest BCUT2D eigenvalue weighted by atomic mass is 9.95. The summed E-state index contributed by atoms with van der Waals surface area (Å²) < 4.78 is 14.7. The molecule has 1 atom stereocenters. The number of nitroso groups, excluding NO2 is 1. The van der Waals surface area contributed by atoms with Crippen LogP contribution in [0.2, 0.25) is 0 Å². The number of nitrogens with zero attached hydrogens (tertiary/aromatic N) is 3. The quantitative estimate of drug-likeness (QED) is 0.423. The SMILES string of the molecule is CCN(CCN1CC(C)C1)C(=O)[C@H]1CCCC(C(=N)c2ccc(C(=O)N=O)cc2F)=C(NC)C1. The van der Waals surface area contributed by atoms with E-state index in [1.54, 1.807) is 7.05 Å². The van der Waals surface area contributed by atoms with Crippen molar-refractivity contribution in [2.24, 2.45) is 17.0 Å². The van der Waals surface area contributed by atoms with Crippen molar-refractivity contribution in [3.05, 3.63) is 51.3 Å². The zero-order valence-corrected chi connectivity index (χ0v) is 20.2. The Balaban J connectivity index is 1.75. The number of halogens is 1. The number of likely N-dealkylation sites (tertiary alicyclic amines) is 1. The van der Waals surface area contributed by atoms with E-state index in [0.717, 1.165) is 37.3 Å². The minimum atomic E-state index is -1.05. The Morgan fingerprint density at radius 3 is 2.65 bits per heavy atom. The summed E-state index contributed by atoms with van der Waals surface area (Å²) in [5, 5.41) is 14.1. The van der Waals surface area contributed by atoms with Gasteiger partial charge in [0.1, 0.15) is 5.82 Å². The number of rotatable bonds is 9. The van der Waals surface area contributed by atoms with E-state index < -0.39 is 11.7 Å². The van der Waals surface area contributed by atoms with Crippen LogP contribution in [0.3, 0.4) is 0 Å². The average molecular weight is 472 g/mol. The molecule has 9 heteroatoms. The van der Waals surface area contributed by atoms with E-state index in [1.807, 2.05) is 11.8 Å². The Kier molecular flexibility index (Phi) is 8.66. The highest BCUT2D eigenvalue weighted by atomic mass is 19.1. The van der Waals surface area contributed by atoms with Crippen LogP contribution >= 0.6 is 0 Å². The van der Waals surface area contributed by atoms with Crippen LogP contribution in [0.1, 0.15) is 55.5 Å². The minimum Gasteiger partial charge on any atom is -0.391 e. The highest BCUT2D eigenvalue weighted by Gasteiger charge is 2.30. The number of amides is 2. The Hall–Kier alpha value is -2.94. The van der Waals surface area contributed by atoms with Crippen LogP contribution in [0, 0.1) is 28.0 Å². The summed E-state index contributed by atoms with van der Waals surface area (Å²) in [7, 11) is 1.76. The molecule has 184 valence electrons. The third kappa shape index (κ3) is 5.75. The van der Waals surface area contributed by atoms with Gasteiger partial charge < -0.3 is 15.1 Å². The van der Waals surface area contributed by atoms with Gasteiger partial charge in [-0.05, 0) is 62.3 Å². The largest absolute Gasteiger partial charge is 0.391 e. The molecule has 0 saturated carbocycles.